The molecule has 0 bridgehead atoms. The molecular formula is C17H13F2NO6S. The summed E-state index contributed by atoms with van der Waals surface area (Å²) in [7, 11) is -3.79. The minimum Gasteiger partial charge on any atom is -0.478 e. The molecule has 1 fully saturated rings. The standard InChI is InChI=1S/C17H13F2NO6S/c18-17(19)26-13-6-4-10(16(21)22)14-11-7-9(3-5-12(11)25-15(13)14)27(23,24)20-8-1-2-8/h3-8,17,20H,1-2H2,(H,21,22). The first-order valence-corrected chi connectivity index (χ1v) is 9.44. The number of benzene rings is 2. The molecule has 0 amide bonds. The lowest BCUT2D eigenvalue weighted by Crippen LogP contribution is -2.25. The van der Waals surface area contributed by atoms with Crippen molar-refractivity contribution in [1.82, 2.24) is 4.72 Å². The average molecular weight is 397 g/mol. The molecule has 3 aromatic rings. The highest BCUT2D eigenvalue weighted by Crippen LogP contribution is 2.38. The van der Waals surface area contributed by atoms with Crippen LogP contribution in [0.5, 0.6) is 5.75 Å². The second-order valence-electron chi connectivity index (χ2n) is 6.15. The number of nitrogens with one attached hydrogen (secondary N) is 1. The molecule has 1 saturated carbocycles. The van der Waals surface area contributed by atoms with Crippen molar-refractivity contribution in [2.45, 2.75) is 30.4 Å². The predicted molar refractivity (Wildman–Crippen MR) is 90.7 cm³/mol. The van der Waals surface area contributed by atoms with Crippen LogP contribution in [0.4, 0.5) is 8.78 Å². The SMILES string of the molecule is O=C(O)c1ccc(OC(F)F)c2oc3ccc(S(=O)(=O)NC4CC4)cc3c12. The van der Waals surface area contributed by atoms with Crippen molar-refractivity contribution >= 4 is 37.9 Å². The highest BCUT2D eigenvalue weighted by atomic mass is 32.2. The Labute approximate surface area is 151 Å². The zero-order chi connectivity index (χ0) is 19.3. The molecule has 0 aliphatic heterocycles. The molecular weight excluding hydrogens is 384 g/mol. The number of rotatable bonds is 6. The van der Waals surface area contributed by atoms with Crippen LogP contribution < -0.4 is 9.46 Å². The van der Waals surface area contributed by atoms with Gasteiger partial charge in [0.1, 0.15) is 5.58 Å². The summed E-state index contributed by atoms with van der Waals surface area (Å²) >= 11 is 0. The number of ether oxygens (including phenoxy) is 1. The van der Waals surface area contributed by atoms with E-state index in [1.807, 2.05) is 0 Å². The number of aromatic carboxylic acids is 1. The van der Waals surface area contributed by atoms with Crippen molar-refractivity contribution in [3.05, 3.63) is 35.9 Å². The third-order valence-electron chi connectivity index (χ3n) is 4.21. The number of sulfonamides is 1. The zero-order valence-electron chi connectivity index (χ0n) is 13.6. The van der Waals surface area contributed by atoms with Crippen LogP contribution in [0.3, 0.4) is 0 Å². The van der Waals surface area contributed by atoms with Gasteiger partial charge in [0, 0.05) is 16.8 Å². The van der Waals surface area contributed by atoms with Gasteiger partial charge in [0.25, 0.3) is 0 Å². The second kappa shape index (κ2) is 6.17. The number of hydrogen-bond donors (Lipinski definition) is 2. The van der Waals surface area contributed by atoms with Crippen LogP contribution in [0.1, 0.15) is 23.2 Å². The Morgan fingerprint density at radius 3 is 2.63 bits per heavy atom. The van der Waals surface area contributed by atoms with Gasteiger partial charge >= 0.3 is 12.6 Å². The summed E-state index contributed by atoms with van der Waals surface area (Å²) in [5.74, 6) is -1.64. The Bertz CT molecular complexity index is 1170. The van der Waals surface area contributed by atoms with E-state index in [4.69, 9.17) is 4.42 Å². The second-order valence-corrected chi connectivity index (χ2v) is 7.87. The first kappa shape index (κ1) is 17.7. The van der Waals surface area contributed by atoms with Gasteiger partial charge < -0.3 is 14.3 Å². The quantitative estimate of drug-likeness (QED) is 0.661. The average Bonchev–Trinajstić information content (AvgIpc) is 3.30. The molecule has 1 aliphatic rings. The number of halogens is 2. The Balaban J connectivity index is 1.96. The molecule has 0 radical (unpaired) electrons. The Hall–Kier alpha value is -2.72. The number of fused-ring (bicyclic) bond motifs is 3. The van der Waals surface area contributed by atoms with Crippen LogP contribution >= 0.6 is 0 Å². The minimum absolute atomic E-state index is 0.000813. The normalized spacial score (nSPS) is 14.9. The molecule has 10 heteroatoms. The first-order chi connectivity index (χ1) is 12.8. The number of alkyl halides is 2. The van der Waals surface area contributed by atoms with Crippen LogP contribution in [0, 0.1) is 0 Å². The molecule has 0 atom stereocenters. The van der Waals surface area contributed by atoms with E-state index in [1.54, 1.807) is 0 Å². The highest BCUT2D eigenvalue weighted by molar-refractivity contribution is 7.89. The summed E-state index contributed by atoms with van der Waals surface area (Å²) in [5, 5.41) is 9.61. The van der Waals surface area contributed by atoms with Gasteiger partial charge in [0.15, 0.2) is 11.3 Å². The van der Waals surface area contributed by atoms with Gasteiger partial charge in [-0.1, -0.05) is 0 Å². The van der Waals surface area contributed by atoms with Gasteiger partial charge in [-0.3, -0.25) is 0 Å². The fourth-order valence-electron chi connectivity index (χ4n) is 2.86. The fourth-order valence-corrected chi connectivity index (χ4v) is 4.19. The molecule has 4 rings (SSSR count). The van der Waals surface area contributed by atoms with E-state index in [2.05, 4.69) is 9.46 Å². The molecule has 0 saturated heterocycles. The van der Waals surface area contributed by atoms with E-state index in [0.29, 0.717) is 0 Å². The maximum absolute atomic E-state index is 12.6. The van der Waals surface area contributed by atoms with Gasteiger partial charge in [-0.2, -0.15) is 8.78 Å². The number of hydrogen-bond acceptors (Lipinski definition) is 5. The first-order valence-electron chi connectivity index (χ1n) is 7.96. The maximum Gasteiger partial charge on any atom is 0.387 e. The summed E-state index contributed by atoms with van der Waals surface area (Å²) < 4.78 is 62.6. The van der Waals surface area contributed by atoms with E-state index in [0.717, 1.165) is 25.0 Å². The lowest BCUT2D eigenvalue weighted by Gasteiger charge is -2.06. The van der Waals surface area contributed by atoms with Crippen molar-refractivity contribution in [3.63, 3.8) is 0 Å². The lowest BCUT2D eigenvalue weighted by molar-refractivity contribution is -0.0493. The van der Waals surface area contributed by atoms with Crippen LogP contribution in [0.25, 0.3) is 21.9 Å². The zero-order valence-corrected chi connectivity index (χ0v) is 14.4. The van der Waals surface area contributed by atoms with Crippen LogP contribution in [-0.2, 0) is 10.0 Å². The number of carboxylic acid groups (broad SMARTS) is 1. The third kappa shape index (κ3) is 3.21. The molecule has 142 valence electrons. The minimum atomic E-state index is -3.79. The molecule has 1 aliphatic carbocycles. The molecule has 7 nitrogen and oxygen atoms in total. The summed E-state index contributed by atoms with van der Waals surface area (Å²) in [5.41, 5.74) is -0.242. The number of carboxylic acids is 1. The Morgan fingerprint density at radius 2 is 2.00 bits per heavy atom. The van der Waals surface area contributed by atoms with E-state index in [1.165, 1.54) is 18.2 Å². The van der Waals surface area contributed by atoms with Crippen LogP contribution in [0.15, 0.2) is 39.6 Å². The molecule has 0 unspecified atom stereocenters. The topological polar surface area (TPSA) is 106 Å². The smallest absolute Gasteiger partial charge is 0.387 e. The summed E-state index contributed by atoms with van der Waals surface area (Å²) in [6, 6.07) is 6.02. The van der Waals surface area contributed by atoms with E-state index in [9.17, 15) is 27.1 Å². The maximum atomic E-state index is 12.6. The third-order valence-corrected chi connectivity index (χ3v) is 5.73. The predicted octanol–water partition coefficient (Wildman–Crippen LogP) is 3.33. The van der Waals surface area contributed by atoms with Gasteiger partial charge in [-0.15, -0.1) is 0 Å². The van der Waals surface area contributed by atoms with Crippen molar-refractivity contribution in [2.24, 2.45) is 0 Å². The Kier molecular flexibility index (Phi) is 4.04. The van der Waals surface area contributed by atoms with Gasteiger partial charge in [-0.25, -0.2) is 17.9 Å². The molecule has 27 heavy (non-hydrogen) atoms. The number of carbonyl (C=O) groups is 1. The lowest BCUT2D eigenvalue weighted by atomic mass is 10.1. The van der Waals surface area contributed by atoms with E-state index < -0.39 is 22.6 Å². The fraction of sp³-hybridized carbons (Fsp3) is 0.235. The summed E-state index contributed by atoms with van der Waals surface area (Å²) in [6.45, 7) is -3.13. The molecule has 1 heterocycles. The number of furan rings is 1. The van der Waals surface area contributed by atoms with Gasteiger partial charge in [-0.05, 0) is 43.2 Å². The van der Waals surface area contributed by atoms with Crippen LogP contribution in [0.2, 0.25) is 0 Å². The summed E-state index contributed by atoms with van der Waals surface area (Å²) in [6.07, 6.45) is 1.52. The molecule has 2 N–H and O–H groups in total. The van der Waals surface area contributed by atoms with Crippen LogP contribution in [-0.4, -0.2) is 32.1 Å². The van der Waals surface area contributed by atoms with Crippen molar-refractivity contribution in [3.8, 4) is 5.75 Å². The summed E-state index contributed by atoms with van der Waals surface area (Å²) in [4.78, 5) is 11.5. The Morgan fingerprint density at radius 1 is 1.26 bits per heavy atom. The van der Waals surface area contributed by atoms with E-state index >= 15 is 0 Å². The molecule has 1 aromatic heterocycles. The molecule has 2 aromatic carbocycles. The molecule has 0 spiro atoms. The van der Waals surface area contributed by atoms with Gasteiger partial charge in [0.2, 0.25) is 10.0 Å². The van der Waals surface area contributed by atoms with E-state index in [-0.39, 0.29) is 44.2 Å². The van der Waals surface area contributed by atoms with Crippen molar-refractivity contribution < 1.29 is 36.3 Å². The monoisotopic (exact) mass is 397 g/mol. The van der Waals surface area contributed by atoms with Gasteiger partial charge in [0.05, 0.1) is 10.5 Å². The van der Waals surface area contributed by atoms with Crippen molar-refractivity contribution in [1.29, 1.82) is 0 Å². The highest BCUT2D eigenvalue weighted by Gasteiger charge is 2.29. The largest absolute Gasteiger partial charge is 0.478 e. The van der Waals surface area contributed by atoms with Crippen molar-refractivity contribution in [2.75, 3.05) is 0 Å².